The normalized spacial score (nSPS) is 16.9. The van der Waals surface area contributed by atoms with E-state index in [1.54, 1.807) is 24.3 Å². The molecule has 1 aromatic rings. The molecule has 2 N–H and O–H groups in total. The first-order valence-corrected chi connectivity index (χ1v) is 14.5. The molecule has 1 aliphatic heterocycles. The van der Waals surface area contributed by atoms with E-state index in [1.165, 1.54) is 23.0 Å². The fourth-order valence-corrected chi connectivity index (χ4v) is 5.94. The van der Waals surface area contributed by atoms with Gasteiger partial charge in [-0.2, -0.15) is 16.1 Å². The number of thioether (sulfide) groups is 1. The molecular formula is C19H31N3O5S3. The average molecular weight is 478 g/mol. The summed E-state index contributed by atoms with van der Waals surface area (Å²) < 4.78 is 53.1. The molecule has 1 fully saturated rings. The molecule has 1 heterocycles. The van der Waals surface area contributed by atoms with Crippen molar-refractivity contribution in [2.24, 2.45) is 0 Å². The lowest BCUT2D eigenvalue weighted by Gasteiger charge is -2.25. The van der Waals surface area contributed by atoms with Crippen LogP contribution < -0.4 is 10.0 Å². The highest BCUT2D eigenvalue weighted by atomic mass is 32.2. The minimum atomic E-state index is -3.50. The Labute approximate surface area is 184 Å². The molecule has 30 heavy (non-hydrogen) atoms. The Morgan fingerprint density at radius 2 is 1.73 bits per heavy atom. The quantitative estimate of drug-likeness (QED) is 0.500. The zero-order valence-electron chi connectivity index (χ0n) is 17.5. The molecule has 0 spiro atoms. The first-order chi connectivity index (χ1) is 14.2. The molecule has 0 aromatic heterocycles. The van der Waals surface area contributed by atoms with Crippen LogP contribution in [0, 0.1) is 0 Å². The van der Waals surface area contributed by atoms with E-state index in [-0.39, 0.29) is 17.2 Å². The van der Waals surface area contributed by atoms with Gasteiger partial charge in [-0.1, -0.05) is 18.6 Å². The maximum atomic E-state index is 12.7. The molecule has 11 heteroatoms. The minimum absolute atomic E-state index is 0.0942. The number of piperidine rings is 1. The fourth-order valence-electron chi connectivity index (χ4n) is 3.13. The predicted octanol–water partition coefficient (Wildman–Crippen LogP) is 1.54. The summed E-state index contributed by atoms with van der Waals surface area (Å²) in [4.78, 5) is 12.7. The largest absolute Gasteiger partial charge is 0.351 e. The van der Waals surface area contributed by atoms with Gasteiger partial charge < -0.3 is 5.32 Å². The van der Waals surface area contributed by atoms with Gasteiger partial charge in [0.1, 0.15) is 6.04 Å². The molecule has 0 radical (unpaired) electrons. The van der Waals surface area contributed by atoms with Crippen LogP contribution in [0.2, 0.25) is 0 Å². The van der Waals surface area contributed by atoms with Crippen molar-refractivity contribution in [1.82, 2.24) is 14.3 Å². The van der Waals surface area contributed by atoms with Gasteiger partial charge in [-0.05, 0) is 55.9 Å². The SMILES string of the molecule is CCS(=O)(=O)NC(CCSC)C(=O)NCc1ccc(S(=O)(=O)N2CCCCC2)cc1. The molecule has 1 unspecified atom stereocenters. The van der Waals surface area contributed by atoms with Crippen molar-refractivity contribution in [1.29, 1.82) is 0 Å². The summed E-state index contributed by atoms with van der Waals surface area (Å²) in [6, 6.07) is 5.61. The standard InChI is InChI=1S/C19H31N3O5S3/c1-3-29(24,25)21-18(11-14-28-2)19(23)20-15-16-7-9-17(10-8-16)30(26,27)22-12-5-4-6-13-22/h7-10,18,21H,3-6,11-15H2,1-2H3,(H,20,23). The maximum Gasteiger partial charge on any atom is 0.243 e. The summed E-state index contributed by atoms with van der Waals surface area (Å²) in [5.74, 6) is 0.155. The van der Waals surface area contributed by atoms with Crippen molar-refractivity contribution >= 4 is 37.7 Å². The van der Waals surface area contributed by atoms with Crippen LogP contribution in [0.5, 0.6) is 0 Å². The van der Waals surface area contributed by atoms with Gasteiger partial charge >= 0.3 is 0 Å². The number of carbonyl (C=O) groups is 1. The maximum absolute atomic E-state index is 12.7. The fraction of sp³-hybridized carbons (Fsp3) is 0.632. The minimum Gasteiger partial charge on any atom is -0.351 e. The van der Waals surface area contributed by atoms with Crippen molar-refractivity contribution in [3.63, 3.8) is 0 Å². The highest BCUT2D eigenvalue weighted by Crippen LogP contribution is 2.20. The molecule has 1 amide bonds. The van der Waals surface area contributed by atoms with Crippen LogP contribution in [0.25, 0.3) is 0 Å². The van der Waals surface area contributed by atoms with Crippen LogP contribution in [-0.2, 0) is 31.4 Å². The third kappa shape index (κ3) is 7.23. The number of nitrogens with one attached hydrogen (secondary N) is 2. The van der Waals surface area contributed by atoms with Crippen LogP contribution >= 0.6 is 11.8 Å². The number of benzene rings is 1. The molecule has 170 valence electrons. The highest BCUT2D eigenvalue weighted by molar-refractivity contribution is 7.98. The molecule has 0 saturated carbocycles. The Bertz CT molecular complexity index is 896. The van der Waals surface area contributed by atoms with Crippen molar-refractivity contribution in [2.45, 2.75) is 50.1 Å². The molecule has 0 bridgehead atoms. The lowest BCUT2D eigenvalue weighted by Crippen LogP contribution is -2.47. The van der Waals surface area contributed by atoms with Gasteiger partial charge in [0.05, 0.1) is 10.6 Å². The van der Waals surface area contributed by atoms with Crippen molar-refractivity contribution in [2.75, 3.05) is 30.9 Å². The number of carbonyl (C=O) groups excluding carboxylic acids is 1. The second-order valence-electron chi connectivity index (χ2n) is 7.18. The van der Waals surface area contributed by atoms with E-state index in [4.69, 9.17) is 0 Å². The Morgan fingerprint density at radius 3 is 2.30 bits per heavy atom. The van der Waals surface area contributed by atoms with Gasteiger partial charge in [0.25, 0.3) is 0 Å². The molecule has 8 nitrogen and oxygen atoms in total. The summed E-state index contributed by atoms with van der Waals surface area (Å²) in [6.07, 6.45) is 5.09. The molecular weight excluding hydrogens is 446 g/mol. The Kier molecular flexibility index (Phi) is 9.61. The number of nitrogens with zero attached hydrogens (tertiary/aromatic N) is 1. The van der Waals surface area contributed by atoms with E-state index in [1.807, 2.05) is 6.26 Å². The van der Waals surface area contributed by atoms with E-state index in [2.05, 4.69) is 10.0 Å². The van der Waals surface area contributed by atoms with E-state index >= 15 is 0 Å². The Morgan fingerprint density at radius 1 is 1.10 bits per heavy atom. The van der Waals surface area contributed by atoms with Crippen LogP contribution in [0.4, 0.5) is 0 Å². The summed E-state index contributed by atoms with van der Waals surface area (Å²) >= 11 is 1.54. The zero-order chi connectivity index (χ0) is 22.2. The second-order valence-corrected chi connectivity index (χ2v) is 12.1. The molecule has 0 aliphatic carbocycles. The predicted molar refractivity (Wildman–Crippen MR) is 120 cm³/mol. The third-order valence-electron chi connectivity index (χ3n) is 4.97. The smallest absolute Gasteiger partial charge is 0.243 e. The second kappa shape index (κ2) is 11.5. The highest BCUT2D eigenvalue weighted by Gasteiger charge is 2.26. The van der Waals surface area contributed by atoms with E-state index in [0.717, 1.165) is 24.8 Å². The average Bonchev–Trinajstić information content (AvgIpc) is 2.75. The van der Waals surface area contributed by atoms with Gasteiger partial charge in [0, 0.05) is 19.6 Å². The van der Waals surface area contributed by atoms with Gasteiger partial charge in [-0.25, -0.2) is 21.6 Å². The van der Waals surface area contributed by atoms with Gasteiger partial charge in [-0.15, -0.1) is 0 Å². The van der Waals surface area contributed by atoms with Crippen LogP contribution in [0.15, 0.2) is 29.2 Å². The van der Waals surface area contributed by atoms with Crippen LogP contribution in [0.1, 0.15) is 38.2 Å². The van der Waals surface area contributed by atoms with E-state index in [0.29, 0.717) is 25.3 Å². The van der Waals surface area contributed by atoms with Crippen LogP contribution in [0.3, 0.4) is 0 Å². The Hall–Kier alpha value is -1.14. The first kappa shape index (κ1) is 25.1. The lowest BCUT2D eigenvalue weighted by atomic mass is 10.2. The van der Waals surface area contributed by atoms with Crippen molar-refractivity contribution < 1.29 is 21.6 Å². The van der Waals surface area contributed by atoms with Gasteiger partial charge in [0.2, 0.25) is 26.0 Å². The summed E-state index contributed by atoms with van der Waals surface area (Å²) in [7, 11) is -6.99. The van der Waals surface area contributed by atoms with E-state index in [9.17, 15) is 21.6 Å². The molecule has 1 aromatic carbocycles. The lowest BCUT2D eigenvalue weighted by molar-refractivity contribution is -0.122. The first-order valence-electron chi connectivity index (χ1n) is 10.1. The number of sulfonamides is 2. The summed E-state index contributed by atoms with van der Waals surface area (Å²) in [6.45, 7) is 2.80. The van der Waals surface area contributed by atoms with Gasteiger partial charge in [-0.3, -0.25) is 4.79 Å². The van der Waals surface area contributed by atoms with Gasteiger partial charge in [0.15, 0.2) is 0 Å². The summed E-state index contributed by atoms with van der Waals surface area (Å²) in [5.41, 5.74) is 0.739. The summed E-state index contributed by atoms with van der Waals surface area (Å²) in [5, 5.41) is 2.74. The topological polar surface area (TPSA) is 113 Å². The number of hydrogen-bond acceptors (Lipinski definition) is 6. The third-order valence-corrected chi connectivity index (χ3v) is 8.93. The molecule has 1 saturated heterocycles. The number of amides is 1. The monoisotopic (exact) mass is 477 g/mol. The Balaban J connectivity index is 1.99. The van der Waals surface area contributed by atoms with Crippen molar-refractivity contribution in [3.05, 3.63) is 29.8 Å². The number of hydrogen-bond donors (Lipinski definition) is 2. The molecule has 1 atom stereocenters. The zero-order valence-corrected chi connectivity index (χ0v) is 19.9. The van der Waals surface area contributed by atoms with Crippen molar-refractivity contribution in [3.8, 4) is 0 Å². The van der Waals surface area contributed by atoms with E-state index < -0.39 is 32.0 Å². The molecule has 1 aliphatic rings. The molecule has 2 rings (SSSR count). The number of rotatable bonds is 11. The van der Waals surface area contributed by atoms with Crippen LogP contribution in [-0.4, -0.2) is 63.9 Å².